The molecule has 0 saturated carbocycles. The number of nitro groups is 1. The van der Waals surface area contributed by atoms with Gasteiger partial charge < -0.3 is 5.32 Å². The lowest BCUT2D eigenvalue weighted by atomic mass is 10.1. The maximum absolute atomic E-state index is 11.7. The Morgan fingerprint density at radius 1 is 1.09 bits per heavy atom. The summed E-state index contributed by atoms with van der Waals surface area (Å²) in [6.45, 7) is 3.90. The summed E-state index contributed by atoms with van der Waals surface area (Å²) < 4.78 is 23.5. The Bertz CT molecular complexity index is 845. The van der Waals surface area contributed by atoms with E-state index in [1.54, 1.807) is 6.07 Å². The molecule has 0 fully saturated rings. The van der Waals surface area contributed by atoms with E-state index in [1.807, 2.05) is 26.0 Å². The Morgan fingerprint density at radius 3 is 2.32 bits per heavy atom. The lowest BCUT2D eigenvalue weighted by Crippen LogP contribution is -2.05. The van der Waals surface area contributed by atoms with Gasteiger partial charge in [-0.15, -0.1) is 0 Å². The molecule has 2 aromatic carbocycles. The van der Waals surface area contributed by atoms with Gasteiger partial charge in [0.1, 0.15) is 10.6 Å². The molecule has 0 amide bonds. The average molecular weight is 320 g/mol. The molecule has 0 atom stereocenters. The van der Waals surface area contributed by atoms with E-state index in [0.717, 1.165) is 17.4 Å². The summed E-state index contributed by atoms with van der Waals surface area (Å²) in [4.78, 5) is 10.3. The first kappa shape index (κ1) is 16.0. The topological polar surface area (TPSA) is 89.3 Å². The number of benzene rings is 2. The predicted molar refractivity (Wildman–Crippen MR) is 85.4 cm³/mol. The van der Waals surface area contributed by atoms with Gasteiger partial charge in [-0.25, -0.2) is 8.42 Å². The molecular weight excluding hydrogens is 304 g/mol. The van der Waals surface area contributed by atoms with Gasteiger partial charge in [0.05, 0.1) is 4.92 Å². The Balaban J connectivity index is 2.56. The first-order chi connectivity index (χ1) is 10.2. The van der Waals surface area contributed by atoms with Crippen LogP contribution in [0.15, 0.2) is 41.3 Å². The number of nitrogens with zero attached hydrogens (tertiary/aromatic N) is 1. The highest BCUT2D eigenvalue weighted by Gasteiger charge is 2.26. The summed E-state index contributed by atoms with van der Waals surface area (Å²) >= 11 is 0. The summed E-state index contributed by atoms with van der Waals surface area (Å²) in [5.74, 6) is 0. The number of para-hydroxylation sites is 1. The van der Waals surface area contributed by atoms with Crippen LogP contribution in [0.3, 0.4) is 0 Å². The molecule has 2 aromatic rings. The van der Waals surface area contributed by atoms with Gasteiger partial charge in [0.2, 0.25) is 0 Å². The fourth-order valence-corrected chi connectivity index (χ4v) is 2.95. The van der Waals surface area contributed by atoms with Crippen molar-refractivity contribution in [1.82, 2.24) is 0 Å². The van der Waals surface area contributed by atoms with Gasteiger partial charge in [0, 0.05) is 11.9 Å². The number of aryl methyl sites for hydroxylation is 2. The zero-order chi connectivity index (χ0) is 16.5. The SMILES string of the molecule is Cc1ccc(Nc2cccc(S(C)(=O)=O)c2[N+](=O)[O-])cc1C. The minimum atomic E-state index is -3.69. The van der Waals surface area contributed by atoms with Crippen molar-refractivity contribution < 1.29 is 13.3 Å². The number of anilines is 2. The Kier molecular flexibility index (Phi) is 4.18. The number of rotatable bonds is 4. The molecule has 0 bridgehead atoms. The van der Waals surface area contributed by atoms with Gasteiger partial charge in [-0.05, 0) is 49.2 Å². The molecule has 1 N–H and O–H groups in total. The highest BCUT2D eigenvalue weighted by atomic mass is 32.2. The predicted octanol–water partition coefficient (Wildman–Crippen LogP) is 3.36. The molecule has 116 valence electrons. The molecule has 0 radical (unpaired) electrons. The first-order valence-corrected chi connectivity index (χ1v) is 8.41. The Hall–Kier alpha value is -2.41. The van der Waals surface area contributed by atoms with Gasteiger partial charge >= 0.3 is 5.69 Å². The standard InChI is InChI=1S/C15H16N2O4S/c1-10-7-8-12(9-11(10)2)16-13-5-4-6-14(22(3,20)21)15(13)17(18)19/h4-9,16H,1-3H3. The van der Waals surface area contributed by atoms with E-state index in [-0.39, 0.29) is 10.6 Å². The van der Waals surface area contributed by atoms with Crippen molar-refractivity contribution in [2.24, 2.45) is 0 Å². The minimum absolute atomic E-state index is 0.149. The normalized spacial score (nSPS) is 11.2. The molecule has 6 nitrogen and oxygen atoms in total. The summed E-state index contributed by atoms with van der Waals surface area (Å²) in [5.41, 5.74) is 2.51. The van der Waals surface area contributed by atoms with E-state index in [2.05, 4.69) is 5.32 Å². The highest BCUT2D eigenvalue weighted by Crippen LogP contribution is 2.34. The van der Waals surface area contributed by atoms with Gasteiger partial charge in [0.15, 0.2) is 9.84 Å². The van der Waals surface area contributed by atoms with E-state index in [0.29, 0.717) is 5.69 Å². The molecule has 0 saturated heterocycles. The fraction of sp³-hybridized carbons (Fsp3) is 0.200. The third-order valence-electron chi connectivity index (χ3n) is 3.37. The Labute approximate surface area is 128 Å². The van der Waals surface area contributed by atoms with Crippen LogP contribution >= 0.6 is 0 Å². The molecule has 2 rings (SSSR count). The second kappa shape index (κ2) is 5.76. The molecule has 0 aliphatic heterocycles. The van der Waals surface area contributed by atoms with Gasteiger partial charge in [-0.3, -0.25) is 10.1 Å². The van der Waals surface area contributed by atoms with Crippen LogP contribution < -0.4 is 5.32 Å². The summed E-state index contributed by atoms with van der Waals surface area (Å²) in [6, 6.07) is 9.74. The Morgan fingerprint density at radius 2 is 1.77 bits per heavy atom. The van der Waals surface area contributed by atoms with Gasteiger partial charge in [-0.2, -0.15) is 0 Å². The molecule has 0 spiro atoms. The van der Waals surface area contributed by atoms with E-state index >= 15 is 0 Å². The lowest BCUT2D eigenvalue weighted by molar-refractivity contribution is -0.386. The first-order valence-electron chi connectivity index (χ1n) is 6.52. The molecule has 0 heterocycles. The van der Waals surface area contributed by atoms with Crippen LogP contribution in [-0.4, -0.2) is 19.6 Å². The zero-order valence-electron chi connectivity index (χ0n) is 12.5. The van der Waals surface area contributed by atoms with Crippen molar-refractivity contribution in [3.8, 4) is 0 Å². The molecule has 0 unspecified atom stereocenters. The van der Waals surface area contributed by atoms with Crippen LogP contribution in [0, 0.1) is 24.0 Å². The molecule has 0 aromatic heterocycles. The summed E-state index contributed by atoms with van der Waals surface area (Å²) in [6.07, 6.45) is 0.954. The van der Waals surface area contributed by atoms with Crippen LogP contribution in [-0.2, 0) is 9.84 Å². The van der Waals surface area contributed by atoms with Gasteiger partial charge in [-0.1, -0.05) is 12.1 Å². The number of nitrogens with one attached hydrogen (secondary N) is 1. The molecule has 7 heteroatoms. The molecule has 0 aliphatic rings. The summed E-state index contributed by atoms with van der Waals surface area (Å²) in [5, 5.41) is 14.2. The van der Waals surface area contributed by atoms with E-state index in [1.165, 1.54) is 18.2 Å². The monoisotopic (exact) mass is 320 g/mol. The third kappa shape index (κ3) is 3.25. The lowest BCUT2D eigenvalue weighted by Gasteiger charge is -2.11. The van der Waals surface area contributed by atoms with Gasteiger partial charge in [0.25, 0.3) is 0 Å². The third-order valence-corrected chi connectivity index (χ3v) is 4.50. The second-order valence-electron chi connectivity index (χ2n) is 5.11. The summed E-state index contributed by atoms with van der Waals surface area (Å²) in [7, 11) is -3.69. The van der Waals surface area contributed by atoms with Crippen molar-refractivity contribution >= 4 is 26.9 Å². The minimum Gasteiger partial charge on any atom is -0.350 e. The van der Waals surface area contributed by atoms with Crippen molar-refractivity contribution in [2.45, 2.75) is 18.7 Å². The van der Waals surface area contributed by atoms with Crippen molar-refractivity contribution in [1.29, 1.82) is 0 Å². The second-order valence-corrected chi connectivity index (χ2v) is 7.09. The average Bonchev–Trinajstić information content (AvgIpc) is 2.41. The fourth-order valence-electron chi connectivity index (χ4n) is 2.09. The van der Waals surface area contributed by atoms with Crippen molar-refractivity contribution in [3.05, 3.63) is 57.6 Å². The van der Waals surface area contributed by atoms with Crippen LogP contribution in [0.1, 0.15) is 11.1 Å². The smallest absolute Gasteiger partial charge is 0.311 e. The number of nitro benzene ring substituents is 1. The molecule has 22 heavy (non-hydrogen) atoms. The largest absolute Gasteiger partial charge is 0.350 e. The maximum atomic E-state index is 11.7. The van der Waals surface area contributed by atoms with E-state index in [9.17, 15) is 18.5 Å². The number of hydrogen-bond acceptors (Lipinski definition) is 5. The maximum Gasteiger partial charge on any atom is 0.311 e. The number of sulfone groups is 1. The molecule has 0 aliphatic carbocycles. The van der Waals surface area contributed by atoms with Crippen LogP contribution in [0.25, 0.3) is 0 Å². The van der Waals surface area contributed by atoms with E-state index < -0.39 is 20.4 Å². The molecular formula is C15H16N2O4S. The van der Waals surface area contributed by atoms with Crippen LogP contribution in [0.5, 0.6) is 0 Å². The zero-order valence-corrected chi connectivity index (χ0v) is 13.3. The van der Waals surface area contributed by atoms with Crippen molar-refractivity contribution in [3.63, 3.8) is 0 Å². The van der Waals surface area contributed by atoms with Crippen LogP contribution in [0.2, 0.25) is 0 Å². The van der Waals surface area contributed by atoms with E-state index in [4.69, 9.17) is 0 Å². The van der Waals surface area contributed by atoms with Crippen molar-refractivity contribution in [2.75, 3.05) is 11.6 Å². The van der Waals surface area contributed by atoms with Crippen LogP contribution in [0.4, 0.5) is 17.1 Å². The number of hydrogen-bond donors (Lipinski definition) is 1. The highest BCUT2D eigenvalue weighted by molar-refractivity contribution is 7.90. The quantitative estimate of drug-likeness (QED) is 0.689.